The lowest BCUT2D eigenvalue weighted by atomic mass is 10.1. The zero-order valence-corrected chi connectivity index (χ0v) is 15.9. The van der Waals surface area contributed by atoms with Crippen LogP contribution < -0.4 is 5.32 Å². The molecule has 3 heterocycles. The van der Waals surface area contributed by atoms with Gasteiger partial charge in [0.1, 0.15) is 6.04 Å². The maximum atomic E-state index is 12.7. The zero-order valence-electron chi connectivity index (χ0n) is 15.1. The number of imide groups is 1. The smallest absolute Gasteiger partial charge is 0.248 e. The highest BCUT2D eigenvalue weighted by Crippen LogP contribution is 2.47. The van der Waals surface area contributed by atoms with Gasteiger partial charge in [-0.25, -0.2) is 0 Å². The first-order valence-corrected chi connectivity index (χ1v) is 10.0. The highest BCUT2D eigenvalue weighted by atomic mass is 32.2. The van der Waals surface area contributed by atoms with Crippen LogP contribution in [-0.2, 0) is 25.7 Å². The van der Waals surface area contributed by atoms with Crippen molar-refractivity contribution in [2.24, 2.45) is 0 Å². The van der Waals surface area contributed by atoms with E-state index in [-0.39, 0.29) is 47.9 Å². The van der Waals surface area contributed by atoms with Crippen LogP contribution >= 0.6 is 11.8 Å². The lowest BCUT2D eigenvalue weighted by molar-refractivity contribution is -0.139. The summed E-state index contributed by atoms with van der Waals surface area (Å²) in [5.74, 6) is 0.173. The number of benzene rings is 1. The largest absolute Gasteiger partial charge is 0.324 e. The van der Waals surface area contributed by atoms with Crippen molar-refractivity contribution in [3.05, 3.63) is 29.8 Å². The van der Waals surface area contributed by atoms with Crippen LogP contribution in [0.1, 0.15) is 38.2 Å². The van der Waals surface area contributed by atoms with Crippen molar-refractivity contribution < 1.29 is 19.2 Å². The lowest BCUT2D eigenvalue weighted by Gasteiger charge is -2.29. The van der Waals surface area contributed by atoms with Crippen molar-refractivity contribution in [1.82, 2.24) is 9.80 Å². The fraction of sp³-hybridized carbons (Fsp3) is 0.474. The second-order valence-corrected chi connectivity index (χ2v) is 8.83. The molecule has 142 valence electrons. The van der Waals surface area contributed by atoms with E-state index in [4.69, 9.17) is 0 Å². The third kappa shape index (κ3) is 3.22. The summed E-state index contributed by atoms with van der Waals surface area (Å²) in [6, 6.07) is 6.65. The van der Waals surface area contributed by atoms with E-state index >= 15 is 0 Å². The molecule has 3 aliphatic rings. The van der Waals surface area contributed by atoms with E-state index < -0.39 is 6.04 Å². The molecule has 3 fully saturated rings. The fourth-order valence-electron chi connectivity index (χ4n) is 3.92. The van der Waals surface area contributed by atoms with Gasteiger partial charge in [-0.1, -0.05) is 12.1 Å². The zero-order chi connectivity index (χ0) is 19.2. The van der Waals surface area contributed by atoms with Gasteiger partial charge in [0.15, 0.2) is 0 Å². The van der Waals surface area contributed by atoms with Crippen molar-refractivity contribution in [2.45, 2.75) is 50.1 Å². The minimum atomic E-state index is -0.450. The van der Waals surface area contributed by atoms with Gasteiger partial charge in [0, 0.05) is 30.7 Å². The van der Waals surface area contributed by atoms with Gasteiger partial charge >= 0.3 is 0 Å². The van der Waals surface area contributed by atoms with Crippen LogP contribution in [0.25, 0.3) is 0 Å². The van der Waals surface area contributed by atoms with Crippen LogP contribution in [0.5, 0.6) is 0 Å². The number of anilines is 1. The van der Waals surface area contributed by atoms with Gasteiger partial charge in [-0.15, -0.1) is 11.8 Å². The molecular weight excluding hydrogens is 366 g/mol. The van der Waals surface area contributed by atoms with E-state index in [2.05, 4.69) is 5.32 Å². The Morgan fingerprint density at radius 3 is 2.44 bits per heavy atom. The normalized spacial score (nSPS) is 27.4. The number of nitrogens with one attached hydrogen (secondary N) is 1. The molecule has 3 saturated heterocycles. The second-order valence-electron chi connectivity index (χ2n) is 7.33. The van der Waals surface area contributed by atoms with Crippen LogP contribution in [-0.4, -0.2) is 50.1 Å². The van der Waals surface area contributed by atoms with Gasteiger partial charge < -0.3 is 10.2 Å². The van der Waals surface area contributed by atoms with Crippen molar-refractivity contribution in [2.75, 3.05) is 11.1 Å². The Labute approximate surface area is 161 Å². The SMILES string of the molecule is C[C@@]12CCC(=O)N1[C@H](C(=O)Nc1ccc(CN3C(=O)CCC3=O)cc1)CS2. The van der Waals surface area contributed by atoms with E-state index in [0.29, 0.717) is 17.9 Å². The standard InChI is InChI=1S/C19H21N3O4S/c1-19-9-8-17(25)22(19)14(11-27-19)18(26)20-13-4-2-12(3-5-13)10-21-15(23)6-7-16(21)24/h2-5,14H,6-11H2,1H3,(H,20,26)/t14-,19+/m0/s1. The number of nitrogens with zero attached hydrogens (tertiary/aromatic N) is 2. The first kappa shape index (κ1) is 18.0. The summed E-state index contributed by atoms with van der Waals surface area (Å²) in [5.41, 5.74) is 1.46. The molecule has 1 aromatic rings. The molecule has 0 bridgehead atoms. The molecule has 4 amide bonds. The Morgan fingerprint density at radius 2 is 1.78 bits per heavy atom. The number of carbonyl (C=O) groups is 4. The molecule has 3 aliphatic heterocycles. The van der Waals surface area contributed by atoms with E-state index in [1.165, 1.54) is 4.90 Å². The van der Waals surface area contributed by atoms with Crippen LogP contribution in [0.4, 0.5) is 5.69 Å². The predicted molar refractivity (Wildman–Crippen MR) is 101 cm³/mol. The molecule has 1 N–H and O–H groups in total. The monoisotopic (exact) mass is 387 g/mol. The summed E-state index contributed by atoms with van der Waals surface area (Å²) in [6.07, 6.45) is 1.83. The van der Waals surface area contributed by atoms with Crippen molar-refractivity contribution in [3.8, 4) is 0 Å². The van der Waals surface area contributed by atoms with Gasteiger partial charge in [-0.3, -0.25) is 24.1 Å². The number of carbonyl (C=O) groups excluding carboxylic acids is 4. The molecule has 0 aromatic heterocycles. The molecule has 2 atom stereocenters. The summed E-state index contributed by atoms with van der Waals surface area (Å²) < 4.78 is 0. The minimum Gasteiger partial charge on any atom is -0.324 e. The molecule has 0 unspecified atom stereocenters. The van der Waals surface area contributed by atoms with Gasteiger partial charge in [0.2, 0.25) is 23.6 Å². The minimum absolute atomic E-state index is 0.0398. The maximum absolute atomic E-state index is 12.7. The highest BCUT2D eigenvalue weighted by Gasteiger charge is 2.52. The first-order chi connectivity index (χ1) is 12.9. The van der Waals surface area contributed by atoms with Gasteiger partial charge in [-0.2, -0.15) is 0 Å². The summed E-state index contributed by atoms with van der Waals surface area (Å²) in [4.78, 5) is 51.0. The number of thioether (sulfide) groups is 1. The molecule has 7 nitrogen and oxygen atoms in total. The molecule has 0 spiro atoms. The molecule has 8 heteroatoms. The van der Waals surface area contributed by atoms with E-state index in [9.17, 15) is 19.2 Å². The van der Waals surface area contributed by atoms with E-state index in [1.807, 2.05) is 6.92 Å². The number of fused-ring (bicyclic) bond motifs is 1. The van der Waals surface area contributed by atoms with Gasteiger partial charge in [-0.05, 0) is 31.0 Å². The summed E-state index contributed by atoms with van der Waals surface area (Å²) in [7, 11) is 0. The Balaban J connectivity index is 1.40. The topological polar surface area (TPSA) is 86.8 Å². The third-order valence-corrected chi connectivity index (χ3v) is 6.97. The quantitative estimate of drug-likeness (QED) is 0.795. The fourth-order valence-corrected chi connectivity index (χ4v) is 5.35. The predicted octanol–water partition coefficient (Wildman–Crippen LogP) is 1.73. The van der Waals surface area contributed by atoms with E-state index in [1.54, 1.807) is 40.9 Å². The molecule has 0 radical (unpaired) electrons. The number of likely N-dealkylation sites (tertiary alicyclic amines) is 1. The number of hydrogen-bond donors (Lipinski definition) is 1. The molecule has 0 aliphatic carbocycles. The number of amides is 4. The van der Waals surface area contributed by atoms with Crippen molar-refractivity contribution in [3.63, 3.8) is 0 Å². The van der Waals surface area contributed by atoms with E-state index in [0.717, 1.165) is 12.0 Å². The molecule has 4 rings (SSSR count). The van der Waals surface area contributed by atoms with Crippen LogP contribution in [0.15, 0.2) is 24.3 Å². The summed E-state index contributed by atoms with van der Waals surface area (Å²) in [5, 5.41) is 2.88. The molecule has 27 heavy (non-hydrogen) atoms. The average molecular weight is 387 g/mol. The van der Waals surface area contributed by atoms with Crippen molar-refractivity contribution >= 4 is 41.1 Å². The highest BCUT2D eigenvalue weighted by molar-refractivity contribution is 8.01. The van der Waals surface area contributed by atoms with Crippen LogP contribution in [0, 0.1) is 0 Å². The lowest BCUT2D eigenvalue weighted by Crippen LogP contribution is -2.48. The average Bonchev–Trinajstić information content (AvgIpc) is 3.25. The van der Waals surface area contributed by atoms with Crippen molar-refractivity contribution in [1.29, 1.82) is 0 Å². The van der Waals surface area contributed by atoms with Crippen LogP contribution in [0.3, 0.4) is 0 Å². The molecule has 1 aromatic carbocycles. The van der Waals surface area contributed by atoms with Crippen LogP contribution in [0.2, 0.25) is 0 Å². The Hall–Kier alpha value is -2.35. The van der Waals surface area contributed by atoms with Gasteiger partial charge in [0.05, 0.1) is 11.4 Å². The number of rotatable bonds is 4. The maximum Gasteiger partial charge on any atom is 0.248 e. The molecule has 0 saturated carbocycles. The first-order valence-electron chi connectivity index (χ1n) is 9.06. The Bertz CT molecular complexity index is 809. The Morgan fingerprint density at radius 1 is 1.11 bits per heavy atom. The Kier molecular flexibility index (Phi) is 4.46. The number of hydrogen-bond acceptors (Lipinski definition) is 5. The molecular formula is C19H21N3O4S. The summed E-state index contributed by atoms with van der Waals surface area (Å²) in [6.45, 7) is 2.28. The second kappa shape index (κ2) is 6.67. The van der Waals surface area contributed by atoms with Gasteiger partial charge in [0.25, 0.3) is 0 Å². The summed E-state index contributed by atoms with van der Waals surface area (Å²) >= 11 is 1.66. The third-order valence-electron chi connectivity index (χ3n) is 5.46.